The predicted molar refractivity (Wildman–Crippen MR) is 39.3 cm³/mol. The highest BCUT2D eigenvalue weighted by molar-refractivity contribution is 5.30. The SMILES string of the molecule is Cc1cc2c([n+]([O-])c1)CCO2. The van der Waals surface area contributed by atoms with Gasteiger partial charge in [0.15, 0.2) is 11.9 Å². The predicted octanol–water partition coefficient (Wildman–Crippen LogP) is 0.563. The number of aryl methyl sites for hydroxylation is 1. The number of nitrogens with zero attached hydrogens (tertiary/aromatic N) is 1. The van der Waals surface area contributed by atoms with Gasteiger partial charge in [-0.25, -0.2) is 0 Å². The first-order valence-corrected chi connectivity index (χ1v) is 3.63. The molecule has 0 radical (unpaired) electrons. The van der Waals surface area contributed by atoms with Gasteiger partial charge in [0.1, 0.15) is 0 Å². The smallest absolute Gasteiger partial charge is 0.238 e. The lowest BCUT2D eigenvalue weighted by Crippen LogP contribution is -2.30. The number of aromatic nitrogens is 1. The quantitative estimate of drug-likeness (QED) is 0.401. The van der Waals surface area contributed by atoms with Crippen LogP contribution in [0.3, 0.4) is 0 Å². The van der Waals surface area contributed by atoms with Gasteiger partial charge in [-0.3, -0.25) is 0 Å². The molecule has 0 saturated carbocycles. The average molecular weight is 151 g/mol. The Morgan fingerprint density at radius 1 is 1.64 bits per heavy atom. The lowest BCUT2D eigenvalue weighted by Gasteiger charge is -2.01. The third-order valence-electron chi connectivity index (χ3n) is 1.83. The lowest BCUT2D eigenvalue weighted by atomic mass is 10.2. The normalized spacial score (nSPS) is 14.3. The maximum atomic E-state index is 11.2. The third-order valence-corrected chi connectivity index (χ3v) is 1.83. The van der Waals surface area contributed by atoms with Crippen molar-refractivity contribution in [2.75, 3.05) is 6.61 Å². The van der Waals surface area contributed by atoms with E-state index in [1.54, 1.807) is 6.20 Å². The van der Waals surface area contributed by atoms with E-state index in [0.717, 1.165) is 28.2 Å². The monoisotopic (exact) mass is 151 g/mol. The molecule has 3 nitrogen and oxygen atoms in total. The molecule has 1 aromatic heterocycles. The van der Waals surface area contributed by atoms with Crippen LogP contribution in [-0.4, -0.2) is 6.61 Å². The molecule has 3 heteroatoms. The Morgan fingerprint density at radius 3 is 3.27 bits per heavy atom. The molecule has 2 rings (SSSR count). The Morgan fingerprint density at radius 2 is 2.45 bits per heavy atom. The molecule has 0 unspecified atom stereocenters. The molecular formula is C8H9NO2. The molecule has 0 saturated heterocycles. The Kier molecular flexibility index (Phi) is 1.24. The fourth-order valence-electron chi connectivity index (χ4n) is 1.31. The van der Waals surface area contributed by atoms with Crippen LogP contribution in [0.1, 0.15) is 11.3 Å². The first-order chi connectivity index (χ1) is 5.27. The van der Waals surface area contributed by atoms with Crippen LogP contribution < -0.4 is 9.47 Å². The van der Waals surface area contributed by atoms with Crippen molar-refractivity contribution in [2.24, 2.45) is 0 Å². The van der Waals surface area contributed by atoms with E-state index in [2.05, 4.69) is 0 Å². The zero-order valence-electron chi connectivity index (χ0n) is 6.33. The van der Waals surface area contributed by atoms with Crippen LogP contribution in [0, 0.1) is 12.1 Å². The third kappa shape index (κ3) is 0.926. The van der Waals surface area contributed by atoms with Crippen molar-refractivity contribution in [3.05, 3.63) is 28.7 Å². The van der Waals surface area contributed by atoms with Crippen LogP contribution >= 0.6 is 0 Å². The van der Waals surface area contributed by atoms with Gasteiger partial charge in [-0.15, -0.1) is 0 Å². The van der Waals surface area contributed by atoms with Crippen LogP contribution in [0.4, 0.5) is 0 Å². The molecule has 0 atom stereocenters. The van der Waals surface area contributed by atoms with Crippen molar-refractivity contribution >= 4 is 0 Å². The van der Waals surface area contributed by atoms with E-state index in [0.29, 0.717) is 6.61 Å². The van der Waals surface area contributed by atoms with Crippen LogP contribution in [-0.2, 0) is 6.42 Å². The van der Waals surface area contributed by atoms with Crippen molar-refractivity contribution in [3.8, 4) is 5.75 Å². The minimum absolute atomic E-state index is 0.640. The number of rotatable bonds is 0. The van der Waals surface area contributed by atoms with E-state index in [1.807, 2.05) is 13.0 Å². The van der Waals surface area contributed by atoms with Crippen LogP contribution in [0.25, 0.3) is 0 Å². The summed E-state index contributed by atoms with van der Waals surface area (Å²) in [6, 6.07) is 1.90. The van der Waals surface area contributed by atoms with Crippen LogP contribution in [0.5, 0.6) is 5.75 Å². The van der Waals surface area contributed by atoms with E-state index in [-0.39, 0.29) is 0 Å². The summed E-state index contributed by atoms with van der Waals surface area (Å²) in [5, 5.41) is 11.2. The molecule has 58 valence electrons. The zero-order valence-corrected chi connectivity index (χ0v) is 6.33. The maximum Gasteiger partial charge on any atom is 0.238 e. The molecule has 11 heavy (non-hydrogen) atoms. The van der Waals surface area contributed by atoms with Crippen molar-refractivity contribution in [2.45, 2.75) is 13.3 Å². The molecule has 0 fully saturated rings. The molecule has 0 N–H and O–H groups in total. The van der Waals surface area contributed by atoms with Crippen molar-refractivity contribution in [3.63, 3.8) is 0 Å². The highest BCUT2D eigenvalue weighted by atomic mass is 16.5. The topological polar surface area (TPSA) is 36.2 Å². The van der Waals surface area contributed by atoms with Gasteiger partial charge in [-0.05, 0) is 13.0 Å². The second kappa shape index (κ2) is 2.12. The summed E-state index contributed by atoms with van der Waals surface area (Å²) in [6.07, 6.45) is 2.31. The maximum absolute atomic E-state index is 11.2. The van der Waals surface area contributed by atoms with Crippen molar-refractivity contribution < 1.29 is 9.47 Å². The fraction of sp³-hybridized carbons (Fsp3) is 0.375. The number of fused-ring (bicyclic) bond motifs is 1. The van der Waals surface area contributed by atoms with E-state index in [4.69, 9.17) is 4.74 Å². The number of hydrogen-bond donors (Lipinski definition) is 0. The van der Waals surface area contributed by atoms with Gasteiger partial charge in [0, 0.05) is 5.56 Å². The summed E-state index contributed by atoms with van der Waals surface area (Å²) < 4.78 is 6.14. The summed E-state index contributed by atoms with van der Waals surface area (Å²) >= 11 is 0. The summed E-state index contributed by atoms with van der Waals surface area (Å²) in [6.45, 7) is 2.53. The molecule has 0 spiro atoms. The minimum atomic E-state index is 0.640. The highest BCUT2D eigenvalue weighted by Crippen LogP contribution is 2.21. The van der Waals surface area contributed by atoms with Crippen molar-refractivity contribution in [1.29, 1.82) is 0 Å². The van der Waals surface area contributed by atoms with Gasteiger partial charge >= 0.3 is 0 Å². The number of ether oxygens (including phenoxy) is 1. The first kappa shape index (κ1) is 6.46. The van der Waals surface area contributed by atoms with Crippen LogP contribution in [0.15, 0.2) is 12.3 Å². The summed E-state index contributed by atoms with van der Waals surface area (Å²) in [4.78, 5) is 0. The molecule has 1 aliphatic heterocycles. The standard InChI is InChI=1S/C8H9NO2/c1-6-4-8-7(2-3-11-8)9(10)5-6/h4-5H,2-3H2,1H3. The van der Waals surface area contributed by atoms with E-state index in [1.165, 1.54) is 0 Å². The van der Waals surface area contributed by atoms with Crippen molar-refractivity contribution in [1.82, 2.24) is 0 Å². The molecule has 0 aliphatic carbocycles. The van der Waals surface area contributed by atoms with Gasteiger partial charge in [-0.2, -0.15) is 4.73 Å². The van der Waals surface area contributed by atoms with Gasteiger partial charge < -0.3 is 9.94 Å². The van der Waals surface area contributed by atoms with Gasteiger partial charge in [0.25, 0.3) is 0 Å². The Labute approximate surface area is 64.8 Å². The molecule has 1 aliphatic rings. The molecule has 2 heterocycles. The minimum Gasteiger partial charge on any atom is -0.618 e. The van der Waals surface area contributed by atoms with E-state index in [9.17, 15) is 5.21 Å². The Hall–Kier alpha value is -1.25. The molecule has 1 aromatic rings. The second-order valence-electron chi connectivity index (χ2n) is 2.75. The first-order valence-electron chi connectivity index (χ1n) is 3.63. The fourth-order valence-corrected chi connectivity index (χ4v) is 1.31. The summed E-state index contributed by atoms with van der Waals surface area (Å²) in [7, 11) is 0. The number of hydrogen-bond acceptors (Lipinski definition) is 2. The van der Waals surface area contributed by atoms with E-state index >= 15 is 0 Å². The van der Waals surface area contributed by atoms with Crippen LogP contribution in [0.2, 0.25) is 0 Å². The van der Waals surface area contributed by atoms with Gasteiger partial charge in [-0.1, -0.05) is 0 Å². The summed E-state index contributed by atoms with van der Waals surface area (Å²) in [5.74, 6) is 0.750. The molecule has 0 bridgehead atoms. The molecular weight excluding hydrogens is 142 g/mol. The average Bonchev–Trinajstić information content (AvgIpc) is 2.34. The zero-order chi connectivity index (χ0) is 7.84. The van der Waals surface area contributed by atoms with Gasteiger partial charge in [0.2, 0.25) is 5.69 Å². The largest absolute Gasteiger partial charge is 0.618 e. The Bertz CT molecular complexity index is 296. The summed E-state index contributed by atoms with van der Waals surface area (Å²) in [5.41, 5.74) is 1.70. The lowest BCUT2D eigenvalue weighted by molar-refractivity contribution is -0.613. The van der Waals surface area contributed by atoms with E-state index < -0.39 is 0 Å². The molecule has 0 aromatic carbocycles. The number of pyridine rings is 1. The molecule has 0 amide bonds. The van der Waals surface area contributed by atoms with Gasteiger partial charge in [0.05, 0.1) is 13.0 Å². The Balaban J connectivity index is 2.60. The highest BCUT2D eigenvalue weighted by Gasteiger charge is 2.20. The second-order valence-corrected chi connectivity index (χ2v) is 2.75.